The number of hydrogen-bond donors (Lipinski definition) is 1. The van der Waals surface area contributed by atoms with Crippen LogP contribution in [0, 0.1) is 6.92 Å². The Hall–Kier alpha value is -2.08. The van der Waals surface area contributed by atoms with E-state index in [-0.39, 0.29) is 11.8 Å². The van der Waals surface area contributed by atoms with Crippen molar-refractivity contribution in [2.24, 2.45) is 0 Å². The van der Waals surface area contributed by atoms with Gasteiger partial charge in [0.15, 0.2) is 4.67 Å². The first-order valence-electron chi connectivity index (χ1n) is 7.50. The number of hydrogen-bond acceptors (Lipinski definition) is 3. The highest BCUT2D eigenvalue weighted by atomic mass is 79.9. The van der Waals surface area contributed by atoms with E-state index in [4.69, 9.17) is 4.42 Å². The minimum absolute atomic E-state index is 0.0238. The Balaban J connectivity index is 1.88. The van der Waals surface area contributed by atoms with Crippen molar-refractivity contribution in [2.45, 2.75) is 19.8 Å². The van der Waals surface area contributed by atoms with Gasteiger partial charge < -0.3 is 14.6 Å². The van der Waals surface area contributed by atoms with Crippen molar-refractivity contribution in [3.63, 3.8) is 0 Å². The first-order valence-corrected chi connectivity index (χ1v) is 8.30. The van der Waals surface area contributed by atoms with Crippen LogP contribution in [-0.4, -0.2) is 29.8 Å². The summed E-state index contributed by atoms with van der Waals surface area (Å²) in [6.07, 6.45) is 3.43. The van der Waals surface area contributed by atoms with Crippen LogP contribution in [0.1, 0.15) is 39.1 Å². The third kappa shape index (κ3) is 3.32. The van der Waals surface area contributed by atoms with Gasteiger partial charge in [-0.05, 0) is 47.3 Å². The number of likely N-dealkylation sites (tertiary alicyclic amines) is 1. The number of carbonyl (C=O) groups excluding carboxylic acids is 2. The Morgan fingerprint density at radius 2 is 2.00 bits per heavy atom. The van der Waals surface area contributed by atoms with Crippen molar-refractivity contribution in [1.29, 1.82) is 0 Å². The predicted molar refractivity (Wildman–Crippen MR) is 90.7 cm³/mol. The molecule has 0 saturated carbocycles. The Morgan fingerprint density at radius 1 is 1.26 bits per heavy atom. The lowest BCUT2D eigenvalue weighted by atomic mass is 10.0. The van der Waals surface area contributed by atoms with E-state index in [9.17, 15) is 9.59 Å². The van der Waals surface area contributed by atoms with Gasteiger partial charge in [-0.1, -0.05) is 12.1 Å². The van der Waals surface area contributed by atoms with Crippen molar-refractivity contribution in [3.05, 3.63) is 51.9 Å². The number of amides is 2. The average molecular weight is 377 g/mol. The number of nitrogens with one attached hydrogen (secondary N) is 1. The van der Waals surface area contributed by atoms with Gasteiger partial charge in [-0.2, -0.15) is 0 Å². The molecule has 23 heavy (non-hydrogen) atoms. The molecule has 1 aliphatic rings. The second-order valence-electron chi connectivity index (χ2n) is 5.59. The van der Waals surface area contributed by atoms with E-state index in [1.54, 1.807) is 12.1 Å². The van der Waals surface area contributed by atoms with E-state index in [1.165, 1.54) is 6.26 Å². The molecule has 0 radical (unpaired) electrons. The lowest BCUT2D eigenvalue weighted by Gasteiger charge is -2.19. The fraction of sp³-hybridized carbons (Fsp3) is 0.294. The highest BCUT2D eigenvalue weighted by molar-refractivity contribution is 9.10. The molecule has 0 aliphatic carbocycles. The van der Waals surface area contributed by atoms with Gasteiger partial charge in [0.2, 0.25) is 0 Å². The first-order chi connectivity index (χ1) is 11.1. The molecule has 0 spiro atoms. The fourth-order valence-corrected chi connectivity index (χ4v) is 3.10. The van der Waals surface area contributed by atoms with Crippen LogP contribution in [0.25, 0.3) is 0 Å². The topological polar surface area (TPSA) is 62.6 Å². The molecule has 0 unspecified atom stereocenters. The Bertz CT molecular complexity index is 748. The highest BCUT2D eigenvalue weighted by Gasteiger charge is 2.24. The second kappa shape index (κ2) is 6.58. The zero-order valence-corrected chi connectivity index (χ0v) is 14.4. The van der Waals surface area contributed by atoms with E-state index in [0.717, 1.165) is 31.5 Å². The maximum absolute atomic E-state index is 12.8. The number of rotatable bonds is 3. The number of nitrogens with zero attached hydrogens (tertiary/aromatic N) is 1. The molecule has 120 valence electrons. The number of aryl methyl sites for hydroxylation is 1. The summed E-state index contributed by atoms with van der Waals surface area (Å²) in [5.74, 6) is -0.329. The summed E-state index contributed by atoms with van der Waals surface area (Å²) in [6, 6.07) is 7.06. The molecule has 1 fully saturated rings. The molecule has 1 aliphatic heterocycles. The largest absolute Gasteiger partial charge is 0.457 e. The van der Waals surface area contributed by atoms with Gasteiger partial charge in [-0.15, -0.1) is 0 Å². The quantitative estimate of drug-likeness (QED) is 0.884. The van der Waals surface area contributed by atoms with Crippen molar-refractivity contribution < 1.29 is 14.0 Å². The van der Waals surface area contributed by atoms with Crippen LogP contribution >= 0.6 is 15.9 Å². The van der Waals surface area contributed by atoms with Crippen LogP contribution in [-0.2, 0) is 0 Å². The smallest absolute Gasteiger partial charge is 0.258 e. The third-order valence-electron chi connectivity index (χ3n) is 3.96. The number of carbonyl (C=O) groups is 2. The lowest BCUT2D eigenvalue weighted by Crippen LogP contribution is -2.29. The van der Waals surface area contributed by atoms with Gasteiger partial charge in [-0.3, -0.25) is 9.59 Å². The minimum Gasteiger partial charge on any atom is -0.457 e. The highest BCUT2D eigenvalue weighted by Crippen LogP contribution is 2.24. The van der Waals surface area contributed by atoms with E-state index in [0.29, 0.717) is 21.5 Å². The van der Waals surface area contributed by atoms with Crippen molar-refractivity contribution in [3.8, 4) is 0 Å². The molecular formula is C17H17BrN2O3. The van der Waals surface area contributed by atoms with Crippen LogP contribution in [0.15, 0.2) is 39.6 Å². The minimum atomic E-state index is -0.305. The molecular weight excluding hydrogens is 360 g/mol. The van der Waals surface area contributed by atoms with E-state index in [2.05, 4.69) is 21.2 Å². The van der Waals surface area contributed by atoms with Gasteiger partial charge in [0, 0.05) is 19.2 Å². The molecule has 0 bridgehead atoms. The number of halogens is 1. The van der Waals surface area contributed by atoms with Gasteiger partial charge in [-0.25, -0.2) is 0 Å². The molecule has 5 nitrogen and oxygen atoms in total. The first kappa shape index (κ1) is 15.8. The molecule has 6 heteroatoms. The van der Waals surface area contributed by atoms with Gasteiger partial charge in [0.1, 0.15) is 6.26 Å². The summed E-state index contributed by atoms with van der Waals surface area (Å²) in [4.78, 5) is 26.9. The van der Waals surface area contributed by atoms with E-state index in [1.807, 2.05) is 24.0 Å². The van der Waals surface area contributed by atoms with Crippen molar-refractivity contribution in [2.75, 3.05) is 18.4 Å². The van der Waals surface area contributed by atoms with Gasteiger partial charge >= 0.3 is 0 Å². The maximum atomic E-state index is 12.8. The van der Waals surface area contributed by atoms with Crippen LogP contribution < -0.4 is 5.32 Å². The van der Waals surface area contributed by atoms with E-state index >= 15 is 0 Å². The average Bonchev–Trinajstić information content (AvgIpc) is 3.18. The van der Waals surface area contributed by atoms with E-state index < -0.39 is 0 Å². The summed E-state index contributed by atoms with van der Waals surface area (Å²) in [5.41, 5.74) is 2.35. The summed E-state index contributed by atoms with van der Waals surface area (Å²) in [7, 11) is 0. The number of furan rings is 1. The van der Waals surface area contributed by atoms with Crippen LogP contribution in [0.4, 0.5) is 5.69 Å². The second-order valence-corrected chi connectivity index (χ2v) is 6.37. The van der Waals surface area contributed by atoms with Gasteiger partial charge in [0.25, 0.3) is 11.8 Å². The van der Waals surface area contributed by atoms with Crippen LogP contribution in [0.2, 0.25) is 0 Å². The summed E-state index contributed by atoms with van der Waals surface area (Å²) in [5, 5.41) is 2.82. The van der Waals surface area contributed by atoms with Crippen LogP contribution in [0.5, 0.6) is 0 Å². The number of anilines is 1. The fourth-order valence-electron chi connectivity index (χ4n) is 2.76. The lowest BCUT2D eigenvalue weighted by molar-refractivity contribution is 0.0793. The van der Waals surface area contributed by atoms with Gasteiger partial charge in [0.05, 0.1) is 16.8 Å². The standard InChI is InChI=1S/C17H17BrN2O3/c1-11-5-4-6-13(15(11)17(22)20-7-2-3-8-20)19-16(21)12-9-14(18)23-10-12/h4-6,9-10H,2-3,7-8H2,1H3,(H,19,21). The molecule has 2 heterocycles. The zero-order chi connectivity index (χ0) is 16.4. The SMILES string of the molecule is Cc1cccc(NC(=O)c2coc(Br)c2)c1C(=O)N1CCCC1. The van der Waals surface area contributed by atoms with Crippen LogP contribution in [0.3, 0.4) is 0 Å². The molecule has 2 aromatic rings. The van der Waals surface area contributed by atoms with Crippen molar-refractivity contribution >= 4 is 33.4 Å². The monoisotopic (exact) mass is 376 g/mol. The third-order valence-corrected chi connectivity index (χ3v) is 4.37. The normalized spacial score (nSPS) is 14.1. The summed E-state index contributed by atoms with van der Waals surface area (Å²) < 4.78 is 5.57. The molecule has 1 aromatic carbocycles. The maximum Gasteiger partial charge on any atom is 0.258 e. The number of benzene rings is 1. The molecule has 1 N–H and O–H groups in total. The molecule has 3 rings (SSSR count). The summed E-state index contributed by atoms with van der Waals surface area (Å²) >= 11 is 3.17. The Kier molecular flexibility index (Phi) is 4.52. The molecule has 1 aromatic heterocycles. The Labute approximate surface area is 142 Å². The molecule has 1 saturated heterocycles. The molecule has 0 atom stereocenters. The predicted octanol–water partition coefficient (Wildman–Crippen LogP) is 3.84. The van der Waals surface area contributed by atoms with Crippen molar-refractivity contribution in [1.82, 2.24) is 4.90 Å². The zero-order valence-electron chi connectivity index (χ0n) is 12.8. The molecule has 2 amide bonds. The summed E-state index contributed by atoms with van der Waals surface area (Å²) in [6.45, 7) is 3.43. The Morgan fingerprint density at radius 3 is 2.65 bits per heavy atom.